The molecule has 1 aliphatic heterocycles. The minimum Gasteiger partial charge on any atom is -0.339 e. The Bertz CT molecular complexity index is 992. The second-order valence-electron chi connectivity index (χ2n) is 7.36. The number of amides is 2. The van der Waals surface area contributed by atoms with Crippen LogP contribution in [0.25, 0.3) is 0 Å². The Hall–Kier alpha value is -2.39. The van der Waals surface area contributed by atoms with Crippen molar-refractivity contribution < 1.29 is 18.0 Å². The number of hydrogen-bond acceptors (Lipinski definition) is 5. The van der Waals surface area contributed by atoms with Crippen LogP contribution in [0.4, 0.5) is 5.69 Å². The Balaban J connectivity index is 1.39. The van der Waals surface area contributed by atoms with E-state index in [1.807, 2.05) is 4.90 Å². The van der Waals surface area contributed by atoms with E-state index in [-0.39, 0.29) is 21.9 Å². The zero-order valence-electron chi connectivity index (χ0n) is 15.9. The Morgan fingerprint density at radius 3 is 2.34 bits per heavy atom. The summed E-state index contributed by atoms with van der Waals surface area (Å²) in [6, 6.07) is 9.73. The first-order chi connectivity index (χ1) is 13.9. The topological polar surface area (TPSA) is 86.8 Å². The van der Waals surface area contributed by atoms with Crippen LogP contribution in [0.2, 0.25) is 0 Å². The highest BCUT2D eigenvalue weighted by Crippen LogP contribution is 2.28. The van der Waals surface area contributed by atoms with Crippen LogP contribution in [-0.4, -0.2) is 56.2 Å². The van der Waals surface area contributed by atoms with Gasteiger partial charge in [0.1, 0.15) is 4.21 Å². The first-order valence-corrected chi connectivity index (χ1v) is 12.0. The van der Waals surface area contributed by atoms with Crippen LogP contribution < -0.4 is 4.72 Å². The van der Waals surface area contributed by atoms with E-state index in [4.69, 9.17) is 0 Å². The molecule has 1 aromatic heterocycles. The average Bonchev–Trinajstić information content (AvgIpc) is 3.22. The summed E-state index contributed by atoms with van der Waals surface area (Å²) in [7, 11) is -3.66. The number of carbonyl (C=O) groups is 2. The Labute approximate surface area is 174 Å². The summed E-state index contributed by atoms with van der Waals surface area (Å²) in [6.45, 7) is 2.07. The highest BCUT2D eigenvalue weighted by molar-refractivity contribution is 7.94. The quantitative estimate of drug-likeness (QED) is 0.785. The summed E-state index contributed by atoms with van der Waals surface area (Å²) in [5.74, 6) is 0.233. The van der Waals surface area contributed by atoms with Crippen LogP contribution >= 0.6 is 11.3 Å². The highest BCUT2D eigenvalue weighted by Gasteiger charge is 2.32. The van der Waals surface area contributed by atoms with Gasteiger partial charge in [0.05, 0.1) is 0 Å². The number of piperazine rings is 1. The zero-order valence-corrected chi connectivity index (χ0v) is 17.5. The molecule has 9 heteroatoms. The molecule has 1 saturated carbocycles. The predicted octanol–water partition coefficient (Wildman–Crippen LogP) is 2.63. The Kier molecular flexibility index (Phi) is 5.60. The fourth-order valence-electron chi connectivity index (χ4n) is 3.56. The highest BCUT2D eigenvalue weighted by atomic mass is 32.2. The van der Waals surface area contributed by atoms with Crippen LogP contribution in [0.5, 0.6) is 0 Å². The van der Waals surface area contributed by atoms with Crippen LogP contribution in [0.1, 0.15) is 29.6 Å². The molecule has 2 amide bonds. The fourth-order valence-corrected chi connectivity index (χ4v) is 5.61. The summed E-state index contributed by atoms with van der Waals surface area (Å²) in [6.07, 6.45) is 3.08. The third-order valence-electron chi connectivity index (χ3n) is 5.45. The van der Waals surface area contributed by atoms with Crippen molar-refractivity contribution in [2.45, 2.75) is 23.5 Å². The van der Waals surface area contributed by atoms with Crippen LogP contribution in [-0.2, 0) is 14.8 Å². The molecule has 1 aliphatic carbocycles. The lowest BCUT2D eigenvalue weighted by Crippen LogP contribution is -2.52. The van der Waals surface area contributed by atoms with Crippen molar-refractivity contribution in [3.63, 3.8) is 0 Å². The van der Waals surface area contributed by atoms with Crippen molar-refractivity contribution >= 4 is 38.9 Å². The molecule has 0 unspecified atom stereocenters. The average molecular weight is 434 g/mol. The molecule has 1 saturated heterocycles. The number of carbonyl (C=O) groups excluding carboxylic acids is 2. The molecule has 7 nitrogen and oxygen atoms in total. The molecule has 0 radical (unpaired) electrons. The van der Waals surface area contributed by atoms with E-state index in [9.17, 15) is 18.0 Å². The number of benzene rings is 1. The van der Waals surface area contributed by atoms with E-state index in [1.165, 1.54) is 6.07 Å². The third-order valence-corrected chi connectivity index (χ3v) is 8.23. The summed E-state index contributed by atoms with van der Waals surface area (Å²) in [5, 5.41) is 1.70. The van der Waals surface area contributed by atoms with Gasteiger partial charge in [0, 0.05) is 43.3 Å². The molecule has 0 atom stereocenters. The maximum atomic E-state index is 12.9. The van der Waals surface area contributed by atoms with Gasteiger partial charge in [0.25, 0.3) is 15.9 Å². The van der Waals surface area contributed by atoms with E-state index < -0.39 is 10.0 Å². The molecule has 2 heterocycles. The summed E-state index contributed by atoms with van der Waals surface area (Å²) in [4.78, 5) is 28.8. The molecule has 0 bridgehead atoms. The maximum absolute atomic E-state index is 12.9. The van der Waals surface area contributed by atoms with Crippen molar-refractivity contribution in [3.05, 3.63) is 47.3 Å². The van der Waals surface area contributed by atoms with Crippen LogP contribution in [0.3, 0.4) is 0 Å². The lowest BCUT2D eigenvalue weighted by atomic mass is 9.84. The number of nitrogens with zero attached hydrogens (tertiary/aromatic N) is 2. The number of sulfonamides is 1. The molecule has 2 aliphatic rings. The summed E-state index contributed by atoms with van der Waals surface area (Å²) >= 11 is 1.13. The molecule has 1 N–H and O–H groups in total. The van der Waals surface area contributed by atoms with Crippen molar-refractivity contribution in [2.24, 2.45) is 5.92 Å². The van der Waals surface area contributed by atoms with E-state index in [0.29, 0.717) is 37.4 Å². The molecular weight excluding hydrogens is 410 g/mol. The van der Waals surface area contributed by atoms with Gasteiger partial charge in [0.15, 0.2) is 0 Å². The monoisotopic (exact) mass is 433 g/mol. The van der Waals surface area contributed by atoms with Crippen LogP contribution in [0, 0.1) is 5.92 Å². The van der Waals surface area contributed by atoms with Gasteiger partial charge in [0.2, 0.25) is 5.91 Å². The number of thiophene rings is 1. The van der Waals surface area contributed by atoms with Crippen LogP contribution in [0.15, 0.2) is 46.0 Å². The number of rotatable bonds is 5. The second-order valence-corrected chi connectivity index (χ2v) is 10.2. The predicted molar refractivity (Wildman–Crippen MR) is 111 cm³/mol. The largest absolute Gasteiger partial charge is 0.339 e. The normalized spacial score (nSPS) is 17.7. The minimum absolute atomic E-state index is 0.155. The van der Waals surface area contributed by atoms with Gasteiger partial charge in [-0.05, 0) is 42.5 Å². The van der Waals surface area contributed by atoms with Crippen molar-refractivity contribution in [1.82, 2.24) is 9.80 Å². The van der Waals surface area contributed by atoms with Crippen molar-refractivity contribution in [1.29, 1.82) is 0 Å². The molecule has 2 fully saturated rings. The van der Waals surface area contributed by atoms with Gasteiger partial charge < -0.3 is 9.80 Å². The van der Waals surface area contributed by atoms with Crippen molar-refractivity contribution in [2.75, 3.05) is 30.9 Å². The van der Waals surface area contributed by atoms with E-state index in [2.05, 4.69) is 4.72 Å². The number of anilines is 1. The number of hydrogen-bond donors (Lipinski definition) is 1. The molecule has 0 spiro atoms. The number of nitrogens with one attached hydrogen (secondary N) is 1. The maximum Gasteiger partial charge on any atom is 0.271 e. The molecule has 154 valence electrons. The molecule has 29 heavy (non-hydrogen) atoms. The SMILES string of the molecule is O=C(c1cccc(NS(=O)(=O)c2cccs2)c1)N1CCN(C(=O)C2CCC2)CC1. The van der Waals surface area contributed by atoms with Gasteiger partial charge in [-0.1, -0.05) is 18.6 Å². The van der Waals surface area contributed by atoms with E-state index in [0.717, 1.165) is 30.6 Å². The van der Waals surface area contributed by atoms with Crippen molar-refractivity contribution in [3.8, 4) is 0 Å². The molecule has 1 aromatic carbocycles. The fraction of sp³-hybridized carbons (Fsp3) is 0.400. The van der Waals surface area contributed by atoms with Gasteiger partial charge in [-0.25, -0.2) is 8.42 Å². The standard InChI is InChI=1S/C20H23N3O4S2/c24-19(15-4-1-5-15)22-9-11-23(12-10-22)20(25)16-6-2-7-17(14-16)21-29(26,27)18-8-3-13-28-18/h2-3,6-8,13-15,21H,1,4-5,9-12H2. The minimum atomic E-state index is -3.66. The Morgan fingerprint density at radius 2 is 1.72 bits per heavy atom. The lowest BCUT2D eigenvalue weighted by Gasteiger charge is -2.38. The van der Waals surface area contributed by atoms with E-state index >= 15 is 0 Å². The molecule has 2 aromatic rings. The molecule has 4 rings (SSSR count). The Morgan fingerprint density at radius 1 is 1.00 bits per heavy atom. The smallest absolute Gasteiger partial charge is 0.271 e. The summed E-state index contributed by atoms with van der Waals surface area (Å²) in [5.41, 5.74) is 0.776. The first kappa shape index (κ1) is 19.9. The summed E-state index contributed by atoms with van der Waals surface area (Å²) < 4.78 is 27.5. The third kappa shape index (κ3) is 4.30. The van der Waals surface area contributed by atoms with Gasteiger partial charge in [-0.3, -0.25) is 14.3 Å². The van der Waals surface area contributed by atoms with E-state index in [1.54, 1.807) is 40.6 Å². The lowest BCUT2D eigenvalue weighted by molar-refractivity contribution is -0.139. The second kappa shape index (κ2) is 8.16. The van der Waals surface area contributed by atoms with Gasteiger partial charge in [-0.2, -0.15) is 0 Å². The molecular formula is C20H23N3O4S2. The van der Waals surface area contributed by atoms with Gasteiger partial charge in [-0.15, -0.1) is 11.3 Å². The first-order valence-electron chi connectivity index (χ1n) is 9.68. The zero-order chi connectivity index (χ0) is 20.4. The van der Waals surface area contributed by atoms with Gasteiger partial charge >= 0.3 is 0 Å².